The number of rotatable bonds is 4. The third-order valence-electron chi connectivity index (χ3n) is 5.78. The number of aliphatic hydroxyl groups excluding tert-OH is 1. The number of nitrogens with zero attached hydrogens (tertiary/aromatic N) is 2. The van der Waals surface area contributed by atoms with Gasteiger partial charge in [0.1, 0.15) is 5.75 Å². The molecule has 1 aliphatic rings. The van der Waals surface area contributed by atoms with Crippen molar-refractivity contribution in [2.75, 3.05) is 24.5 Å². The highest BCUT2D eigenvalue weighted by atomic mass is 35.5. The van der Waals surface area contributed by atoms with Crippen LogP contribution in [0.1, 0.15) is 28.8 Å². The quantitative estimate of drug-likeness (QED) is 0.554. The van der Waals surface area contributed by atoms with E-state index in [1.54, 1.807) is 17.0 Å². The van der Waals surface area contributed by atoms with Crippen molar-refractivity contribution in [3.05, 3.63) is 93.5 Å². The molecular weight excluding hydrogens is 447 g/mol. The summed E-state index contributed by atoms with van der Waals surface area (Å²) in [6.45, 7) is 3.35. The normalized spacial score (nSPS) is 17.3. The zero-order valence-corrected chi connectivity index (χ0v) is 19.1. The number of phenols is 1. The molecule has 32 heavy (non-hydrogen) atoms. The van der Waals surface area contributed by atoms with Crippen LogP contribution in [0.4, 0.5) is 5.69 Å². The molecule has 0 spiro atoms. The van der Waals surface area contributed by atoms with Crippen LogP contribution in [0.15, 0.2) is 66.7 Å². The van der Waals surface area contributed by atoms with E-state index in [2.05, 4.69) is 4.90 Å². The van der Waals surface area contributed by atoms with Crippen LogP contribution in [0.5, 0.6) is 5.75 Å². The van der Waals surface area contributed by atoms with Gasteiger partial charge in [-0.15, -0.1) is 0 Å². The minimum atomic E-state index is -1.34. The second-order valence-corrected chi connectivity index (χ2v) is 8.84. The molecule has 7 heteroatoms. The number of aliphatic hydroxyl groups is 1. The van der Waals surface area contributed by atoms with Crippen LogP contribution in [-0.2, 0) is 4.79 Å². The van der Waals surface area contributed by atoms with Crippen LogP contribution in [0.25, 0.3) is 0 Å². The second-order valence-electron chi connectivity index (χ2n) is 8.00. The Balaban J connectivity index is 1.64. The molecule has 1 heterocycles. The molecule has 1 aliphatic heterocycles. The zero-order chi connectivity index (χ0) is 22.8. The number of piperazine rings is 1. The van der Waals surface area contributed by atoms with Gasteiger partial charge in [-0.1, -0.05) is 53.5 Å². The van der Waals surface area contributed by atoms with Gasteiger partial charge in [-0.25, -0.2) is 0 Å². The number of benzene rings is 3. The van der Waals surface area contributed by atoms with Gasteiger partial charge < -0.3 is 20.0 Å². The van der Waals surface area contributed by atoms with Crippen molar-refractivity contribution in [2.45, 2.75) is 19.1 Å². The number of anilines is 1. The summed E-state index contributed by atoms with van der Waals surface area (Å²) in [4.78, 5) is 17.0. The largest absolute Gasteiger partial charge is 0.508 e. The molecule has 0 bridgehead atoms. The molecule has 2 N–H and O–H groups in total. The molecule has 1 amide bonds. The Labute approximate surface area is 197 Å². The predicted octanol–water partition coefficient (Wildman–Crippen LogP) is 5.13. The summed E-state index contributed by atoms with van der Waals surface area (Å²) in [5.41, 5.74) is 3.33. The first kappa shape index (κ1) is 22.5. The van der Waals surface area contributed by atoms with Crippen LogP contribution < -0.4 is 4.90 Å². The van der Waals surface area contributed by atoms with E-state index in [4.69, 9.17) is 23.2 Å². The molecule has 4 rings (SSSR count). The van der Waals surface area contributed by atoms with Crippen LogP contribution in [0.2, 0.25) is 10.0 Å². The molecule has 2 atom stereocenters. The molecule has 3 aromatic carbocycles. The maximum absolute atomic E-state index is 13.1. The molecule has 0 aliphatic carbocycles. The fourth-order valence-electron chi connectivity index (χ4n) is 4.10. The van der Waals surface area contributed by atoms with Crippen molar-refractivity contribution in [1.29, 1.82) is 0 Å². The molecule has 0 radical (unpaired) electrons. The molecule has 1 unspecified atom stereocenters. The maximum atomic E-state index is 13.1. The van der Waals surface area contributed by atoms with Gasteiger partial charge in [0.05, 0.1) is 16.8 Å². The second kappa shape index (κ2) is 9.41. The van der Waals surface area contributed by atoms with Gasteiger partial charge in [0.25, 0.3) is 5.91 Å². The molecule has 0 aromatic heterocycles. The molecule has 166 valence electrons. The Hall–Kier alpha value is -2.73. The first-order valence-corrected chi connectivity index (χ1v) is 11.1. The summed E-state index contributed by atoms with van der Waals surface area (Å²) in [6.07, 6.45) is -1.34. The highest BCUT2D eigenvalue weighted by molar-refractivity contribution is 6.33. The lowest BCUT2D eigenvalue weighted by Crippen LogP contribution is -2.51. The van der Waals surface area contributed by atoms with Crippen LogP contribution in [-0.4, -0.2) is 40.7 Å². The number of hydrogen-bond acceptors (Lipinski definition) is 4. The van der Waals surface area contributed by atoms with E-state index in [0.717, 1.165) is 16.8 Å². The minimum Gasteiger partial charge on any atom is -0.508 e. The minimum absolute atomic E-state index is 0.00669. The Morgan fingerprint density at radius 1 is 1.03 bits per heavy atom. The lowest BCUT2D eigenvalue weighted by Gasteiger charge is -2.44. The molecule has 1 saturated heterocycles. The van der Waals surface area contributed by atoms with Crippen molar-refractivity contribution in [3.8, 4) is 5.75 Å². The number of carbonyl (C=O) groups is 1. The van der Waals surface area contributed by atoms with Crippen LogP contribution >= 0.6 is 23.2 Å². The smallest absolute Gasteiger partial charge is 0.256 e. The summed E-state index contributed by atoms with van der Waals surface area (Å²) in [5, 5.41) is 21.7. The number of carbonyl (C=O) groups excluding carboxylic acids is 1. The summed E-state index contributed by atoms with van der Waals surface area (Å²) >= 11 is 12.7. The van der Waals surface area contributed by atoms with E-state index in [0.29, 0.717) is 35.2 Å². The Kier molecular flexibility index (Phi) is 6.60. The summed E-state index contributed by atoms with van der Waals surface area (Å²) < 4.78 is 0. The lowest BCUT2D eigenvalue weighted by molar-refractivity contribution is -0.141. The van der Waals surface area contributed by atoms with Gasteiger partial charge in [-0.3, -0.25) is 4.79 Å². The summed E-state index contributed by atoms with van der Waals surface area (Å²) in [5.74, 6) is -0.392. The van der Waals surface area contributed by atoms with Crippen molar-refractivity contribution < 1.29 is 15.0 Å². The van der Waals surface area contributed by atoms with Crippen LogP contribution in [0.3, 0.4) is 0 Å². The van der Waals surface area contributed by atoms with Crippen molar-refractivity contribution in [1.82, 2.24) is 4.90 Å². The van der Waals surface area contributed by atoms with Gasteiger partial charge in [0.15, 0.2) is 6.10 Å². The standard InChI is InChI=1S/C25H24Cl2N2O3/c1-16-5-10-22(21(27)13-16)29-12-11-28(15-23(29)17-6-8-19(26)9-7-17)25(32)24(31)18-3-2-4-20(30)14-18/h2-10,13-14,23-24,30-31H,11-12,15H2,1H3/t23-,24?/m0/s1. The average Bonchev–Trinajstić information content (AvgIpc) is 2.78. The fourth-order valence-corrected chi connectivity index (χ4v) is 4.57. The first-order chi connectivity index (χ1) is 15.3. The van der Waals surface area contributed by atoms with E-state index < -0.39 is 12.0 Å². The highest BCUT2D eigenvalue weighted by Gasteiger charge is 2.34. The number of amides is 1. The number of hydrogen-bond donors (Lipinski definition) is 2. The average molecular weight is 471 g/mol. The Morgan fingerprint density at radius 3 is 2.47 bits per heavy atom. The van der Waals surface area contributed by atoms with Gasteiger partial charge in [0.2, 0.25) is 0 Å². The topological polar surface area (TPSA) is 64.0 Å². The van der Waals surface area contributed by atoms with Gasteiger partial charge in [0, 0.05) is 24.7 Å². The van der Waals surface area contributed by atoms with Gasteiger partial charge in [-0.05, 0) is 60.0 Å². The van der Waals surface area contributed by atoms with E-state index in [1.165, 1.54) is 12.1 Å². The SMILES string of the molecule is Cc1ccc(N2CCN(C(=O)C(O)c3cccc(O)c3)C[C@H]2c2ccc(Cl)cc2)c(Cl)c1. The number of halogens is 2. The van der Waals surface area contributed by atoms with Gasteiger partial charge >= 0.3 is 0 Å². The van der Waals surface area contributed by atoms with Crippen molar-refractivity contribution in [2.24, 2.45) is 0 Å². The molecule has 5 nitrogen and oxygen atoms in total. The van der Waals surface area contributed by atoms with Crippen LogP contribution in [0, 0.1) is 6.92 Å². The predicted molar refractivity (Wildman–Crippen MR) is 127 cm³/mol. The Morgan fingerprint density at radius 2 is 1.78 bits per heavy atom. The molecule has 1 fully saturated rings. The number of phenolic OH excluding ortho intramolecular Hbond substituents is 1. The number of aromatic hydroxyl groups is 1. The van der Waals surface area contributed by atoms with E-state index in [9.17, 15) is 15.0 Å². The molecule has 3 aromatic rings. The monoisotopic (exact) mass is 470 g/mol. The maximum Gasteiger partial charge on any atom is 0.256 e. The van der Waals surface area contributed by atoms with Gasteiger partial charge in [-0.2, -0.15) is 0 Å². The zero-order valence-electron chi connectivity index (χ0n) is 17.6. The van der Waals surface area contributed by atoms with Crippen molar-refractivity contribution in [3.63, 3.8) is 0 Å². The Bertz CT molecular complexity index is 1120. The number of aryl methyl sites for hydroxylation is 1. The van der Waals surface area contributed by atoms with Crippen molar-refractivity contribution >= 4 is 34.8 Å². The fraction of sp³-hybridized carbons (Fsp3) is 0.240. The van der Waals surface area contributed by atoms with E-state index in [-0.39, 0.29) is 11.8 Å². The summed E-state index contributed by atoms with van der Waals surface area (Å²) in [6, 6.07) is 19.5. The molecule has 0 saturated carbocycles. The first-order valence-electron chi connectivity index (χ1n) is 10.4. The molecular formula is C25H24Cl2N2O3. The highest BCUT2D eigenvalue weighted by Crippen LogP contribution is 2.36. The van der Waals surface area contributed by atoms with E-state index >= 15 is 0 Å². The van der Waals surface area contributed by atoms with E-state index in [1.807, 2.05) is 49.4 Å². The summed E-state index contributed by atoms with van der Waals surface area (Å²) in [7, 11) is 0. The third-order valence-corrected chi connectivity index (χ3v) is 6.33. The lowest BCUT2D eigenvalue weighted by atomic mass is 9.99. The third kappa shape index (κ3) is 4.70.